The summed E-state index contributed by atoms with van der Waals surface area (Å²) < 4.78 is 0. The summed E-state index contributed by atoms with van der Waals surface area (Å²) in [5.74, 6) is 1.06. The molecule has 5 heterocycles. The predicted octanol–water partition coefficient (Wildman–Crippen LogP) is 1.80. The van der Waals surface area contributed by atoms with Gasteiger partial charge in [0.25, 0.3) is 0 Å². The topological polar surface area (TPSA) is 119 Å². The summed E-state index contributed by atoms with van der Waals surface area (Å²) in [6.45, 7) is 13.4. The molecule has 5 saturated heterocycles. The molecular formula is C30H49N5O5. The normalized spacial score (nSPS) is 26.9. The Bertz CT molecular complexity index is 972. The minimum absolute atomic E-state index is 0.0647. The summed E-state index contributed by atoms with van der Waals surface area (Å²) in [6, 6.07) is 0. The van der Waals surface area contributed by atoms with Crippen LogP contribution in [0.4, 0.5) is 0 Å². The highest BCUT2D eigenvalue weighted by Crippen LogP contribution is 2.39. The second-order valence-corrected chi connectivity index (χ2v) is 13.8. The fraction of sp³-hybridized carbons (Fsp3) is 0.833. The number of carbonyl (C=O) groups is 5. The molecule has 224 valence electrons. The maximum Gasteiger partial charge on any atom is 0.219 e. The van der Waals surface area contributed by atoms with Gasteiger partial charge in [-0.15, -0.1) is 0 Å². The minimum atomic E-state index is -0.153. The molecule has 0 unspecified atom stereocenters. The van der Waals surface area contributed by atoms with Crippen molar-refractivity contribution < 1.29 is 24.0 Å². The largest absolute Gasteiger partial charge is 0.343 e. The van der Waals surface area contributed by atoms with E-state index >= 15 is 0 Å². The van der Waals surface area contributed by atoms with E-state index < -0.39 is 0 Å². The van der Waals surface area contributed by atoms with Crippen LogP contribution < -0.4 is 10.6 Å². The molecule has 5 rings (SSSR count). The number of Topliss-reactive ketones (excluding diaryl/α,β-unsaturated/α-hetero) is 2. The number of ketones is 2. The number of hydrogen-bond donors (Lipinski definition) is 2. The number of piperidine rings is 5. The van der Waals surface area contributed by atoms with E-state index in [1.54, 1.807) is 20.8 Å². The zero-order chi connectivity index (χ0) is 29.3. The van der Waals surface area contributed by atoms with Gasteiger partial charge in [-0.3, -0.25) is 24.0 Å². The third-order valence-electron chi connectivity index (χ3n) is 9.88. The average Bonchev–Trinajstić information content (AvgIpc) is 2.83. The Labute approximate surface area is 238 Å². The van der Waals surface area contributed by atoms with Crippen LogP contribution in [-0.4, -0.2) is 105 Å². The van der Waals surface area contributed by atoms with Gasteiger partial charge in [0.1, 0.15) is 11.6 Å². The van der Waals surface area contributed by atoms with Crippen molar-refractivity contribution in [2.45, 2.75) is 121 Å². The van der Waals surface area contributed by atoms with Crippen LogP contribution in [-0.2, 0) is 24.0 Å². The van der Waals surface area contributed by atoms with E-state index in [9.17, 15) is 24.0 Å². The number of rotatable bonds is 0. The first-order valence-electron chi connectivity index (χ1n) is 15.0. The Hall–Kier alpha value is -2.33. The summed E-state index contributed by atoms with van der Waals surface area (Å²) in [7, 11) is 0. The van der Waals surface area contributed by atoms with Crippen LogP contribution in [0, 0.1) is 0 Å². The van der Waals surface area contributed by atoms with Gasteiger partial charge in [-0.05, 0) is 52.4 Å². The Morgan fingerprint density at radius 3 is 1.07 bits per heavy atom. The van der Waals surface area contributed by atoms with Gasteiger partial charge in [0.15, 0.2) is 0 Å². The van der Waals surface area contributed by atoms with E-state index in [1.165, 1.54) is 0 Å². The molecule has 5 aliphatic heterocycles. The number of amides is 3. The van der Waals surface area contributed by atoms with Crippen LogP contribution in [0.25, 0.3) is 0 Å². The first kappa shape index (κ1) is 30.6. The van der Waals surface area contributed by atoms with Crippen LogP contribution in [0.1, 0.15) is 98.8 Å². The lowest BCUT2D eigenvalue weighted by atomic mass is 9.70. The molecule has 5 aliphatic rings. The molecule has 2 N–H and O–H groups in total. The Morgan fingerprint density at radius 2 is 0.800 bits per heavy atom. The smallest absolute Gasteiger partial charge is 0.219 e. The first-order valence-corrected chi connectivity index (χ1v) is 15.0. The number of likely N-dealkylation sites (tertiary alicyclic amines) is 3. The van der Waals surface area contributed by atoms with Crippen LogP contribution in [0.5, 0.6) is 0 Å². The third-order valence-corrected chi connectivity index (χ3v) is 9.88. The molecule has 10 heteroatoms. The SMILES string of the molecule is CC(=O)N1CCC2(CC1)CC(=O)CC(C)(C)N2.CC(=O)N1CCC2(CC1)CC(=O)CC1(CCN(C(C)=O)CC1)N2. The van der Waals surface area contributed by atoms with Crippen LogP contribution >= 0.6 is 0 Å². The lowest BCUT2D eigenvalue weighted by molar-refractivity contribution is -0.135. The average molecular weight is 560 g/mol. The number of hydrogen-bond acceptors (Lipinski definition) is 7. The number of carbonyl (C=O) groups excluding carboxylic acids is 5. The summed E-state index contributed by atoms with van der Waals surface area (Å²) in [5, 5.41) is 7.48. The van der Waals surface area contributed by atoms with Crippen molar-refractivity contribution in [3.05, 3.63) is 0 Å². The molecule has 3 spiro atoms. The fourth-order valence-corrected chi connectivity index (χ4v) is 7.86. The van der Waals surface area contributed by atoms with Crippen molar-refractivity contribution in [3.63, 3.8) is 0 Å². The summed E-state index contributed by atoms with van der Waals surface area (Å²) >= 11 is 0. The van der Waals surface area contributed by atoms with Crippen molar-refractivity contribution >= 4 is 29.3 Å². The van der Waals surface area contributed by atoms with Gasteiger partial charge in [-0.25, -0.2) is 0 Å². The second kappa shape index (κ2) is 11.5. The molecule has 5 fully saturated rings. The lowest BCUT2D eigenvalue weighted by Gasteiger charge is -2.54. The van der Waals surface area contributed by atoms with E-state index in [0.29, 0.717) is 37.2 Å². The molecule has 0 aromatic heterocycles. The van der Waals surface area contributed by atoms with E-state index in [1.807, 2.05) is 14.7 Å². The zero-order valence-electron chi connectivity index (χ0n) is 25.2. The monoisotopic (exact) mass is 559 g/mol. The Morgan fingerprint density at radius 1 is 0.525 bits per heavy atom. The van der Waals surface area contributed by atoms with E-state index in [4.69, 9.17) is 0 Å². The van der Waals surface area contributed by atoms with Gasteiger partial charge in [0, 0.05) is 108 Å². The molecule has 0 aromatic rings. The van der Waals surface area contributed by atoms with Crippen LogP contribution in [0.15, 0.2) is 0 Å². The molecule has 0 saturated carbocycles. The molecule has 3 amide bonds. The molecule has 0 atom stereocenters. The summed E-state index contributed by atoms with van der Waals surface area (Å²) in [5.41, 5.74) is -0.474. The fourth-order valence-electron chi connectivity index (χ4n) is 7.86. The van der Waals surface area contributed by atoms with Gasteiger partial charge >= 0.3 is 0 Å². The van der Waals surface area contributed by atoms with E-state index in [0.717, 1.165) is 77.8 Å². The zero-order valence-corrected chi connectivity index (χ0v) is 25.2. The highest BCUT2D eigenvalue weighted by Gasteiger charge is 2.50. The summed E-state index contributed by atoms with van der Waals surface area (Å²) in [4.78, 5) is 64.3. The highest BCUT2D eigenvalue weighted by molar-refractivity contribution is 5.83. The molecule has 0 bridgehead atoms. The first-order chi connectivity index (χ1) is 18.7. The molecule has 0 aliphatic carbocycles. The highest BCUT2D eigenvalue weighted by atomic mass is 16.2. The number of nitrogens with zero attached hydrogens (tertiary/aromatic N) is 3. The standard InChI is InChI=1S/C17H27N3O3.C13H22N2O2/c1-13(21)19-7-3-16(4-8-19)11-15(23)12-17(18-16)5-9-20(10-6-17)14(2)22;1-10(16)15-6-4-13(5-7-15)9-11(17)8-12(2,3)14-13/h18H,3-12H2,1-2H3;14H,4-9H2,1-3H3. The van der Waals surface area contributed by atoms with Crippen LogP contribution in [0.3, 0.4) is 0 Å². The van der Waals surface area contributed by atoms with Gasteiger partial charge in [0.05, 0.1) is 0 Å². The van der Waals surface area contributed by atoms with Crippen molar-refractivity contribution in [2.24, 2.45) is 0 Å². The Kier molecular flexibility index (Phi) is 8.81. The quantitative estimate of drug-likeness (QED) is 0.465. The van der Waals surface area contributed by atoms with Crippen LogP contribution in [0.2, 0.25) is 0 Å². The van der Waals surface area contributed by atoms with Gasteiger partial charge in [-0.2, -0.15) is 0 Å². The lowest BCUT2D eigenvalue weighted by Crippen LogP contribution is -2.68. The van der Waals surface area contributed by atoms with Crippen molar-refractivity contribution in [2.75, 3.05) is 39.3 Å². The maximum atomic E-state index is 12.4. The van der Waals surface area contributed by atoms with Crippen molar-refractivity contribution in [3.8, 4) is 0 Å². The predicted molar refractivity (Wildman–Crippen MR) is 151 cm³/mol. The van der Waals surface area contributed by atoms with E-state index in [2.05, 4.69) is 24.5 Å². The van der Waals surface area contributed by atoms with E-state index in [-0.39, 0.29) is 39.9 Å². The van der Waals surface area contributed by atoms with Crippen molar-refractivity contribution in [1.82, 2.24) is 25.3 Å². The maximum absolute atomic E-state index is 12.4. The molecule has 40 heavy (non-hydrogen) atoms. The summed E-state index contributed by atoms with van der Waals surface area (Å²) in [6.07, 6.45) is 7.56. The van der Waals surface area contributed by atoms with Gasteiger partial charge < -0.3 is 25.3 Å². The second-order valence-electron chi connectivity index (χ2n) is 13.8. The number of nitrogens with one attached hydrogen (secondary N) is 2. The molecule has 10 nitrogen and oxygen atoms in total. The van der Waals surface area contributed by atoms with Gasteiger partial charge in [0.2, 0.25) is 17.7 Å². The molecular weight excluding hydrogens is 510 g/mol. The third kappa shape index (κ3) is 7.11. The van der Waals surface area contributed by atoms with Gasteiger partial charge in [-0.1, -0.05) is 0 Å². The minimum Gasteiger partial charge on any atom is -0.343 e. The molecule has 0 aromatic carbocycles. The van der Waals surface area contributed by atoms with Crippen molar-refractivity contribution in [1.29, 1.82) is 0 Å². The molecule has 0 radical (unpaired) electrons. The Balaban J connectivity index is 0.000000194.